The molecule has 5 aromatic carbocycles. The van der Waals surface area contributed by atoms with Gasteiger partial charge in [0.1, 0.15) is 35.2 Å². The molecule has 1 atom stereocenters. The van der Waals surface area contributed by atoms with E-state index < -0.39 is 0 Å². The molecule has 0 saturated heterocycles. The Labute approximate surface area is 539 Å². The van der Waals surface area contributed by atoms with E-state index in [1.54, 1.807) is 0 Å². The minimum Gasteiger partial charge on any atom is -0.201 e. The quantitative estimate of drug-likeness (QED) is 0.115. The lowest BCUT2D eigenvalue weighted by Gasteiger charge is -2.12. The maximum absolute atomic E-state index is 2.34. The van der Waals surface area contributed by atoms with Crippen LogP contribution in [0.3, 0.4) is 0 Å². The lowest BCUT2D eigenvalue weighted by Crippen LogP contribution is -2.30. The number of benzene rings is 5. The lowest BCUT2D eigenvalue weighted by atomic mass is 9.93. The van der Waals surface area contributed by atoms with Gasteiger partial charge in [0.2, 0.25) is 28.5 Å². The molecule has 1 unspecified atom stereocenters. The smallest absolute Gasteiger partial charge is 0.201 e. The fourth-order valence-electron chi connectivity index (χ4n) is 11.5. The number of hydrogen-bond acceptors (Lipinski definition) is 0. The third-order valence-electron chi connectivity index (χ3n) is 17.3. The third kappa shape index (κ3) is 19.4. The summed E-state index contributed by atoms with van der Waals surface area (Å²) in [4.78, 5) is 0. The number of hydrogen-bond donors (Lipinski definition) is 0. The number of aryl methyl sites for hydroxylation is 17. The van der Waals surface area contributed by atoms with Gasteiger partial charge in [-0.3, -0.25) is 0 Å². The Bertz CT molecular complexity index is 4010. The van der Waals surface area contributed by atoms with Crippen LogP contribution >= 0.6 is 0 Å². The summed E-state index contributed by atoms with van der Waals surface area (Å²) in [6.07, 6.45) is 14.1. The second kappa shape index (κ2) is 32.4. The van der Waals surface area contributed by atoms with Crippen LogP contribution in [0.4, 0.5) is 0 Å². The van der Waals surface area contributed by atoms with Crippen LogP contribution in [-0.4, -0.2) is 0 Å². The molecule has 0 radical (unpaired) electrons. The number of aromatic nitrogens is 5. The van der Waals surface area contributed by atoms with E-state index in [9.17, 15) is 0 Å². The van der Waals surface area contributed by atoms with Crippen molar-refractivity contribution in [2.24, 2.45) is 41.2 Å². The van der Waals surface area contributed by atoms with Gasteiger partial charge in [-0.05, 0) is 221 Å². The molecular formula is C84H108N5+5. The molecule has 5 nitrogen and oxygen atoms in total. The van der Waals surface area contributed by atoms with E-state index in [1.807, 2.05) is 0 Å². The fraction of sp³-hybridized carbons (Fsp3) is 0.345. The van der Waals surface area contributed by atoms with E-state index in [2.05, 4.69) is 365 Å². The summed E-state index contributed by atoms with van der Waals surface area (Å²) >= 11 is 0. The molecule has 0 aliphatic heterocycles. The molecule has 0 N–H and O–H groups in total. The zero-order chi connectivity index (χ0) is 65.4. The Morgan fingerprint density at radius 3 is 0.876 bits per heavy atom. The first kappa shape index (κ1) is 69.9. The average Bonchev–Trinajstić information content (AvgIpc) is 3.50. The highest BCUT2D eigenvalue weighted by Gasteiger charge is 2.18. The Kier molecular flexibility index (Phi) is 25.4. The van der Waals surface area contributed by atoms with Crippen LogP contribution < -0.4 is 22.8 Å². The molecule has 10 aromatic rings. The van der Waals surface area contributed by atoms with Gasteiger partial charge in [0, 0.05) is 88.5 Å². The van der Waals surface area contributed by atoms with Crippen LogP contribution in [0.1, 0.15) is 150 Å². The van der Waals surface area contributed by atoms with Crippen LogP contribution in [0.5, 0.6) is 0 Å². The molecule has 5 heterocycles. The summed E-state index contributed by atoms with van der Waals surface area (Å²) < 4.78 is 10.9. The van der Waals surface area contributed by atoms with Crippen LogP contribution in [0.15, 0.2) is 183 Å². The fourth-order valence-corrected chi connectivity index (χ4v) is 11.5. The van der Waals surface area contributed by atoms with E-state index >= 15 is 0 Å². The van der Waals surface area contributed by atoms with Gasteiger partial charge in [-0.15, -0.1) is 0 Å². The standard InChI is InChI=1S/2C18H24N.C17H22N.C16H20N.C15H18N/c1-13(2)10-16-6-7-17(15(4)12-16)18-11-14(3)8-9-19(18)5;1-6-14(3)16-7-8-17(15(4)12-16)18-11-13(2)9-10-19(18)5;1-12(2)15-6-7-16(14(4)11-15)17-10-13(3)8-9-18(17)5;1-5-14-6-7-15(13(3)11-14)16-10-12(2)8-9-17(16)4;1-11-5-6-14(13(3)9-11)15-10-12(2)7-8-16(15)4/h6-9,11-13H,10H2,1-5H3;7-12,14H,6H2,1-5H3;6-12H,1-5H3;6-11H,5H2,1-4H3;5-10H,1-4H3/q5*+1. The molecular weight excluding hydrogens is 1080 g/mol. The topological polar surface area (TPSA) is 19.4 Å². The largest absolute Gasteiger partial charge is 0.212 e. The molecule has 5 heteroatoms. The predicted molar refractivity (Wildman–Crippen MR) is 378 cm³/mol. The van der Waals surface area contributed by atoms with Crippen molar-refractivity contribution in [3.05, 3.63) is 266 Å². The van der Waals surface area contributed by atoms with Gasteiger partial charge in [0.15, 0.2) is 31.0 Å². The summed E-state index contributed by atoms with van der Waals surface area (Å²) in [5, 5.41) is 0. The molecule has 0 aliphatic rings. The minimum absolute atomic E-state index is 0.587. The molecule has 0 saturated carbocycles. The second-order valence-corrected chi connectivity index (χ2v) is 26.2. The first-order chi connectivity index (χ1) is 42.2. The number of nitrogens with zero attached hydrogens (tertiary/aromatic N) is 5. The van der Waals surface area contributed by atoms with E-state index in [0.717, 1.165) is 12.8 Å². The van der Waals surface area contributed by atoms with E-state index in [1.165, 1.54) is 146 Å². The maximum Gasteiger partial charge on any atom is 0.212 e. The molecule has 0 spiro atoms. The lowest BCUT2D eigenvalue weighted by molar-refractivity contribution is -0.660. The maximum atomic E-state index is 2.34. The summed E-state index contributed by atoms with van der Waals surface area (Å²) in [5.74, 6) is 1.93. The molecule has 0 fully saturated rings. The second-order valence-electron chi connectivity index (χ2n) is 26.2. The van der Waals surface area contributed by atoms with Gasteiger partial charge < -0.3 is 0 Å². The molecule has 464 valence electrons. The van der Waals surface area contributed by atoms with Gasteiger partial charge in [0.25, 0.3) is 0 Å². The van der Waals surface area contributed by atoms with Gasteiger partial charge in [-0.2, -0.15) is 0 Å². The highest BCUT2D eigenvalue weighted by atomic mass is 14.9. The summed E-state index contributed by atoms with van der Waals surface area (Å²) in [7, 11) is 10.5. The SMILES string of the molecule is CCC(C)c1ccc(-c2cc(C)cc[n+]2C)c(C)c1.CCc1ccc(-c2cc(C)cc[n+]2C)c(C)c1.Cc1cc[n+](C)c(-c2ccc(C(C)C)cc2C)c1.Cc1cc[n+](C)c(-c2ccc(CC(C)C)cc2C)c1.Cc1ccc(-c2cc(C)cc[n+]2C)c(C)c1. The van der Waals surface area contributed by atoms with Crippen LogP contribution in [0.2, 0.25) is 0 Å². The van der Waals surface area contributed by atoms with Crippen molar-refractivity contribution in [3.8, 4) is 56.3 Å². The Morgan fingerprint density at radius 1 is 0.292 bits per heavy atom. The van der Waals surface area contributed by atoms with Gasteiger partial charge >= 0.3 is 0 Å². The normalized spacial score (nSPS) is 11.2. The molecule has 0 bridgehead atoms. The zero-order valence-corrected chi connectivity index (χ0v) is 58.9. The molecule has 5 aromatic heterocycles. The van der Waals surface area contributed by atoms with E-state index in [0.29, 0.717) is 17.8 Å². The highest BCUT2D eigenvalue weighted by Crippen LogP contribution is 2.29. The van der Waals surface area contributed by atoms with E-state index in [4.69, 9.17) is 0 Å². The van der Waals surface area contributed by atoms with Crippen molar-refractivity contribution < 1.29 is 22.8 Å². The Morgan fingerprint density at radius 2 is 0.573 bits per heavy atom. The average molecular weight is 1190 g/mol. The van der Waals surface area contributed by atoms with Crippen molar-refractivity contribution in [1.82, 2.24) is 0 Å². The first-order valence-electron chi connectivity index (χ1n) is 32.5. The molecule has 0 amide bonds. The molecule has 10 rings (SSSR count). The van der Waals surface area contributed by atoms with Crippen molar-refractivity contribution in [1.29, 1.82) is 0 Å². The van der Waals surface area contributed by atoms with Crippen LogP contribution in [0, 0.1) is 82.1 Å². The van der Waals surface area contributed by atoms with E-state index in [-0.39, 0.29) is 0 Å². The van der Waals surface area contributed by atoms with Gasteiger partial charge in [0.05, 0.1) is 0 Å². The Balaban J connectivity index is 0.000000178. The first-order valence-corrected chi connectivity index (χ1v) is 32.5. The van der Waals surface area contributed by atoms with Crippen molar-refractivity contribution in [2.45, 2.75) is 156 Å². The van der Waals surface area contributed by atoms with Crippen molar-refractivity contribution in [2.75, 3.05) is 0 Å². The van der Waals surface area contributed by atoms with Crippen LogP contribution in [0.25, 0.3) is 56.3 Å². The number of pyridine rings is 5. The predicted octanol–water partition coefficient (Wildman–Crippen LogP) is 18.7. The zero-order valence-electron chi connectivity index (χ0n) is 58.9. The Hall–Kier alpha value is -8.15. The summed E-state index contributed by atoms with van der Waals surface area (Å²) in [6.45, 7) is 39.6. The molecule has 89 heavy (non-hydrogen) atoms. The summed E-state index contributed by atoms with van der Waals surface area (Å²) in [6, 6.07) is 55.9. The number of rotatable bonds is 11. The highest BCUT2D eigenvalue weighted by molar-refractivity contribution is 5.66. The van der Waals surface area contributed by atoms with Crippen molar-refractivity contribution in [3.63, 3.8) is 0 Å². The third-order valence-corrected chi connectivity index (χ3v) is 17.3. The summed E-state index contributed by atoms with van der Waals surface area (Å²) in [5.41, 5.74) is 33.3. The van der Waals surface area contributed by atoms with Gasteiger partial charge in [-0.1, -0.05) is 115 Å². The van der Waals surface area contributed by atoms with Gasteiger partial charge in [-0.25, -0.2) is 22.8 Å². The van der Waals surface area contributed by atoms with Crippen LogP contribution in [-0.2, 0) is 48.1 Å². The molecule has 0 aliphatic carbocycles. The van der Waals surface area contributed by atoms with Crippen molar-refractivity contribution >= 4 is 0 Å². The minimum atomic E-state index is 0.587. The monoisotopic (exact) mass is 1190 g/mol.